The fourth-order valence-corrected chi connectivity index (χ4v) is 3.51. The Morgan fingerprint density at radius 3 is 2.14 bits per heavy atom. The van der Waals surface area contributed by atoms with E-state index in [-0.39, 0.29) is 12.1 Å². The summed E-state index contributed by atoms with van der Waals surface area (Å²) < 4.78 is 44.1. The third-order valence-electron chi connectivity index (χ3n) is 5.15. The van der Waals surface area contributed by atoms with Crippen LogP contribution in [-0.2, 0) is 11.8 Å². The van der Waals surface area contributed by atoms with Crippen molar-refractivity contribution >= 4 is 5.69 Å². The van der Waals surface area contributed by atoms with Gasteiger partial charge in [0, 0.05) is 38.4 Å². The number of anilines is 1. The lowest BCUT2D eigenvalue weighted by molar-refractivity contribution is -0.137. The number of piperazine rings is 1. The summed E-state index contributed by atoms with van der Waals surface area (Å²) in [5.74, 6) is 0.805. The molecule has 1 heterocycles. The zero-order valence-corrected chi connectivity index (χ0v) is 16.0. The highest BCUT2D eigenvalue weighted by molar-refractivity contribution is 5.49. The normalized spacial score (nSPS) is 18.0. The highest BCUT2D eigenvalue weighted by Gasteiger charge is 2.34. The van der Waals surface area contributed by atoms with E-state index in [0.717, 1.165) is 49.7 Å². The monoisotopic (exact) mass is 394 g/mol. The molecule has 152 valence electrons. The Morgan fingerprint density at radius 1 is 0.964 bits per heavy atom. The number of hydrogen-bond acceptors (Lipinski definition) is 4. The van der Waals surface area contributed by atoms with Crippen LogP contribution in [-0.4, -0.2) is 49.8 Å². The number of nitrogens with zero attached hydrogens (tertiary/aromatic N) is 2. The lowest BCUT2D eigenvalue weighted by atomic mass is 9.93. The molecule has 0 aliphatic carbocycles. The van der Waals surface area contributed by atoms with Crippen LogP contribution in [0.1, 0.15) is 18.1 Å². The smallest absolute Gasteiger partial charge is 0.416 e. The molecule has 0 aromatic heterocycles. The minimum Gasteiger partial charge on any atom is -0.497 e. The Hall–Kier alpha value is -2.25. The van der Waals surface area contributed by atoms with Crippen molar-refractivity contribution in [1.29, 1.82) is 0 Å². The van der Waals surface area contributed by atoms with Gasteiger partial charge in [0.25, 0.3) is 0 Å². The van der Waals surface area contributed by atoms with E-state index in [9.17, 15) is 18.3 Å². The molecule has 1 saturated heterocycles. The average molecular weight is 394 g/mol. The first kappa shape index (κ1) is 20.5. The number of aliphatic hydroxyl groups is 1. The number of alkyl halides is 3. The van der Waals surface area contributed by atoms with Crippen LogP contribution in [0, 0.1) is 0 Å². The quantitative estimate of drug-likeness (QED) is 0.838. The molecule has 0 bridgehead atoms. The lowest BCUT2D eigenvalue weighted by Crippen LogP contribution is -2.50. The molecule has 0 spiro atoms. The molecule has 2 aromatic carbocycles. The Balaban J connectivity index is 1.61. The molecule has 28 heavy (non-hydrogen) atoms. The standard InChI is InChI=1S/C21H25F3N2O2/c1-20(27,16-4-3-5-17(14-16)21(22,23)24)15-25-10-12-26(13-11-25)18-6-8-19(28-2)9-7-18/h3-9,14,27H,10-13,15H2,1-2H3/t20-/m1/s1. The molecule has 0 unspecified atom stereocenters. The van der Waals surface area contributed by atoms with E-state index in [1.54, 1.807) is 20.1 Å². The van der Waals surface area contributed by atoms with Gasteiger partial charge in [-0.3, -0.25) is 4.90 Å². The second-order valence-corrected chi connectivity index (χ2v) is 7.31. The van der Waals surface area contributed by atoms with Gasteiger partial charge in [-0.25, -0.2) is 0 Å². The van der Waals surface area contributed by atoms with Crippen LogP contribution in [0.25, 0.3) is 0 Å². The van der Waals surface area contributed by atoms with Gasteiger partial charge in [0.1, 0.15) is 5.75 Å². The minimum absolute atomic E-state index is 0.278. The van der Waals surface area contributed by atoms with E-state index >= 15 is 0 Å². The number of rotatable bonds is 5. The van der Waals surface area contributed by atoms with Crippen molar-refractivity contribution in [3.63, 3.8) is 0 Å². The van der Waals surface area contributed by atoms with Gasteiger partial charge in [-0.2, -0.15) is 13.2 Å². The van der Waals surface area contributed by atoms with Crippen LogP contribution in [0.2, 0.25) is 0 Å². The summed E-state index contributed by atoms with van der Waals surface area (Å²) in [6.07, 6.45) is -4.42. The first-order valence-electron chi connectivity index (χ1n) is 9.20. The maximum atomic E-state index is 13.0. The van der Waals surface area contributed by atoms with Crippen molar-refractivity contribution < 1.29 is 23.0 Å². The maximum absolute atomic E-state index is 13.0. The molecule has 1 atom stereocenters. The number of benzene rings is 2. The third kappa shape index (κ3) is 4.77. The highest BCUT2D eigenvalue weighted by atomic mass is 19.4. The molecule has 0 saturated carbocycles. The number of β-amino-alcohol motifs (C(OH)–C–C–N with tert-alkyl or cyclic N) is 1. The zero-order valence-electron chi connectivity index (χ0n) is 16.0. The largest absolute Gasteiger partial charge is 0.497 e. The van der Waals surface area contributed by atoms with Crippen LogP contribution < -0.4 is 9.64 Å². The Bertz CT molecular complexity index is 783. The third-order valence-corrected chi connectivity index (χ3v) is 5.15. The number of ether oxygens (including phenoxy) is 1. The molecular formula is C21H25F3N2O2. The van der Waals surface area contributed by atoms with Gasteiger partial charge in [-0.1, -0.05) is 12.1 Å². The van der Waals surface area contributed by atoms with Crippen LogP contribution in [0.3, 0.4) is 0 Å². The SMILES string of the molecule is COc1ccc(N2CCN(C[C@@](C)(O)c3cccc(C(F)(F)F)c3)CC2)cc1. The van der Waals surface area contributed by atoms with Crippen molar-refractivity contribution in [1.82, 2.24) is 4.90 Å². The molecule has 1 aliphatic heterocycles. The van der Waals surface area contributed by atoms with Gasteiger partial charge in [0.15, 0.2) is 0 Å². The highest BCUT2D eigenvalue weighted by Crippen LogP contribution is 2.32. The van der Waals surface area contributed by atoms with Crippen molar-refractivity contribution in [2.24, 2.45) is 0 Å². The van der Waals surface area contributed by atoms with E-state index in [2.05, 4.69) is 9.80 Å². The molecule has 3 rings (SSSR count). The lowest BCUT2D eigenvalue weighted by Gasteiger charge is -2.39. The Morgan fingerprint density at radius 2 is 1.57 bits per heavy atom. The fraction of sp³-hybridized carbons (Fsp3) is 0.429. The first-order valence-corrected chi connectivity index (χ1v) is 9.20. The summed E-state index contributed by atoms with van der Waals surface area (Å²) in [7, 11) is 1.63. The van der Waals surface area contributed by atoms with E-state index in [1.807, 2.05) is 24.3 Å². The van der Waals surface area contributed by atoms with E-state index in [4.69, 9.17) is 4.74 Å². The molecule has 7 heteroatoms. The summed E-state index contributed by atoms with van der Waals surface area (Å²) in [6, 6.07) is 12.8. The van der Waals surface area contributed by atoms with Crippen LogP contribution in [0.4, 0.5) is 18.9 Å². The number of methoxy groups -OCH3 is 1. The Labute approximate surface area is 163 Å². The van der Waals surface area contributed by atoms with E-state index in [0.29, 0.717) is 0 Å². The number of hydrogen-bond donors (Lipinski definition) is 1. The van der Waals surface area contributed by atoms with Crippen molar-refractivity contribution in [2.75, 3.05) is 44.7 Å². The van der Waals surface area contributed by atoms with Crippen molar-refractivity contribution in [2.45, 2.75) is 18.7 Å². The molecule has 4 nitrogen and oxygen atoms in total. The molecule has 1 aliphatic rings. The van der Waals surface area contributed by atoms with Crippen molar-refractivity contribution in [3.8, 4) is 5.75 Å². The van der Waals surface area contributed by atoms with E-state index < -0.39 is 17.3 Å². The second kappa shape index (κ2) is 8.01. The van der Waals surface area contributed by atoms with Gasteiger partial charge in [0.2, 0.25) is 0 Å². The van der Waals surface area contributed by atoms with Crippen LogP contribution in [0.15, 0.2) is 48.5 Å². The van der Waals surface area contributed by atoms with Gasteiger partial charge >= 0.3 is 6.18 Å². The molecule has 0 amide bonds. The molecule has 0 radical (unpaired) electrons. The van der Waals surface area contributed by atoms with E-state index in [1.165, 1.54) is 6.07 Å². The van der Waals surface area contributed by atoms with Crippen molar-refractivity contribution in [3.05, 3.63) is 59.7 Å². The fourth-order valence-electron chi connectivity index (χ4n) is 3.51. The maximum Gasteiger partial charge on any atom is 0.416 e. The summed E-state index contributed by atoms with van der Waals surface area (Å²) in [6.45, 7) is 4.86. The van der Waals surface area contributed by atoms with Gasteiger partial charge < -0.3 is 14.7 Å². The zero-order chi connectivity index (χ0) is 20.4. The molecule has 1 fully saturated rings. The second-order valence-electron chi connectivity index (χ2n) is 7.31. The van der Waals surface area contributed by atoms with Crippen LogP contribution in [0.5, 0.6) is 5.75 Å². The Kier molecular flexibility index (Phi) is 5.86. The van der Waals surface area contributed by atoms with Crippen LogP contribution >= 0.6 is 0 Å². The molecule has 1 N–H and O–H groups in total. The molecule has 2 aromatic rings. The topological polar surface area (TPSA) is 35.9 Å². The van der Waals surface area contributed by atoms with Gasteiger partial charge in [-0.15, -0.1) is 0 Å². The summed E-state index contributed by atoms with van der Waals surface area (Å²) in [5.41, 5.74) is -0.719. The first-order chi connectivity index (χ1) is 13.2. The predicted molar refractivity (Wildman–Crippen MR) is 103 cm³/mol. The van der Waals surface area contributed by atoms with Gasteiger partial charge in [-0.05, 0) is 48.9 Å². The molecular weight excluding hydrogens is 369 g/mol. The number of halogens is 3. The average Bonchev–Trinajstić information content (AvgIpc) is 2.68. The predicted octanol–water partition coefficient (Wildman–Crippen LogP) is 3.74. The summed E-state index contributed by atoms with van der Waals surface area (Å²) in [4.78, 5) is 4.33. The van der Waals surface area contributed by atoms with Gasteiger partial charge in [0.05, 0.1) is 18.3 Å². The minimum atomic E-state index is -4.42. The summed E-state index contributed by atoms with van der Waals surface area (Å²) in [5, 5.41) is 10.8. The summed E-state index contributed by atoms with van der Waals surface area (Å²) >= 11 is 0.